The molecule has 0 unspecified atom stereocenters. The maximum Gasteiger partial charge on any atom is 0.316 e. The second kappa shape index (κ2) is 7.33. The van der Waals surface area contributed by atoms with Crippen LogP contribution in [0.25, 0.3) is 11.6 Å². The van der Waals surface area contributed by atoms with E-state index in [-0.39, 0.29) is 5.97 Å². The lowest BCUT2D eigenvalue weighted by Gasteiger charge is -2.16. The molecule has 2 aromatic rings. The number of halogens is 1. The van der Waals surface area contributed by atoms with Crippen molar-refractivity contribution < 1.29 is 9.53 Å². The van der Waals surface area contributed by atoms with Crippen molar-refractivity contribution in [2.24, 2.45) is 5.41 Å². The van der Waals surface area contributed by atoms with E-state index in [1.54, 1.807) is 69.3 Å². The zero-order valence-electron chi connectivity index (χ0n) is 13.8. The molecule has 3 nitrogen and oxygen atoms in total. The Morgan fingerprint density at radius 2 is 1.83 bits per heavy atom. The molecule has 0 heterocycles. The van der Waals surface area contributed by atoms with Crippen LogP contribution in [0.1, 0.15) is 31.9 Å². The van der Waals surface area contributed by atoms with E-state index in [0.29, 0.717) is 16.3 Å². The summed E-state index contributed by atoms with van der Waals surface area (Å²) >= 11 is 5.97. The van der Waals surface area contributed by atoms with Crippen molar-refractivity contribution >= 4 is 29.2 Å². The molecular formula is C20H18ClNO2. The van der Waals surface area contributed by atoms with Gasteiger partial charge < -0.3 is 4.74 Å². The van der Waals surface area contributed by atoms with Gasteiger partial charge in [-0.25, -0.2) is 0 Å². The Labute approximate surface area is 147 Å². The van der Waals surface area contributed by atoms with Crippen LogP contribution >= 0.6 is 11.6 Å². The number of ether oxygens (including phenoxy) is 1. The van der Waals surface area contributed by atoms with E-state index in [0.717, 1.165) is 11.1 Å². The first-order chi connectivity index (χ1) is 11.3. The Kier molecular flexibility index (Phi) is 5.43. The average Bonchev–Trinajstić information content (AvgIpc) is 2.53. The number of benzene rings is 2. The molecule has 2 rings (SSSR count). The fourth-order valence-corrected chi connectivity index (χ4v) is 2.09. The number of allylic oxidation sites excluding steroid dienone is 1. The van der Waals surface area contributed by atoms with E-state index in [1.165, 1.54) is 0 Å². The summed E-state index contributed by atoms with van der Waals surface area (Å²) in [5.74, 6) is 0.191. The highest BCUT2D eigenvalue weighted by Gasteiger charge is 2.23. The molecule has 0 atom stereocenters. The van der Waals surface area contributed by atoms with Crippen LogP contribution < -0.4 is 4.74 Å². The van der Waals surface area contributed by atoms with Crippen LogP contribution in [0, 0.1) is 16.7 Å². The molecule has 122 valence electrons. The zero-order valence-corrected chi connectivity index (χ0v) is 14.6. The molecule has 0 saturated heterocycles. The SMILES string of the molecule is CC(C)(C)C(=O)Oc1ccc(/C=C(/C#N)c2cccc(Cl)c2)cc1. The van der Waals surface area contributed by atoms with Crippen molar-refractivity contribution in [2.75, 3.05) is 0 Å². The number of nitriles is 1. The van der Waals surface area contributed by atoms with Gasteiger partial charge in [0.1, 0.15) is 5.75 Å². The molecule has 0 bridgehead atoms. The summed E-state index contributed by atoms with van der Waals surface area (Å²) in [6, 6.07) is 16.3. The molecule has 0 fully saturated rings. The standard InChI is InChI=1S/C20H18ClNO2/c1-20(2,3)19(23)24-18-9-7-14(8-10-18)11-16(13-22)15-5-4-6-17(21)12-15/h4-12H,1-3H3/b16-11-. The summed E-state index contributed by atoms with van der Waals surface area (Å²) in [6.07, 6.45) is 1.76. The number of hydrogen-bond acceptors (Lipinski definition) is 3. The van der Waals surface area contributed by atoms with Crippen molar-refractivity contribution in [1.29, 1.82) is 5.26 Å². The van der Waals surface area contributed by atoms with Crippen LogP contribution in [-0.2, 0) is 4.79 Å². The van der Waals surface area contributed by atoms with E-state index in [9.17, 15) is 10.1 Å². The fraction of sp³-hybridized carbons (Fsp3) is 0.200. The highest BCUT2D eigenvalue weighted by Crippen LogP contribution is 2.23. The molecule has 0 amide bonds. The van der Waals surface area contributed by atoms with E-state index < -0.39 is 5.41 Å². The normalized spacial score (nSPS) is 11.7. The van der Waals surface area contributed by atoms with Crippen LogP contribution in [-0.4, -0.2) is 5.97 Å². The number of nitrogens with zero attached hydrogens (tertiary/aromatic N) is 1. The molecule has 0 aliphatic heterocycles. The van der Waals surface area contributed by atoms with Crippen molar-refractivity contribution in [3.05, 3.63) is 64.7 Å². The summed E-state index contributed by atoms with van der Waals surface area (Å²) < 4.78 is 5.32. The maximum atomic E-state index is 11.9. The van der Waals surface area contributed by atoms with E-state index in [1.807, 2.05) is 6.07 Å². The molecule has 0 aliphatic rings. The van der Waals surface area contributed by atoms with Crippen LogP contribution in [0.15, 0.2) is 48.5 Å². The first-order valence-corrected chi connectivity index (χ1v) is 7.87. The van der Waals surface area contributed by atoms with Crippen molar-refractivity contribution in [1.82, 2.24) is 0 Å². The Hall–Kier alpha value is -2.57. The molecular weight excluding hydrogens is 322 g/mol. The zero-order chi connectivity index (χ0) is 17.7. The summed E-state index contributed by atoms with van der Waals surface area (Å²) in [4.78, 5) is 11.9. The van der Waals surface area contributed by atoms with Gasteiger partial charge in [-0.2, -0.15) is 5.26 Å². The highest BCUT2D eigenvalue weighted by molar-refractivity contribution is 6.30. The second-order valence-electron chi connectivity index (χ2n) is 6.39. The number of esters is 1. The summed E-state index contributed by atoms with van der Waals surface area (Å²) in [5, 5.41) is 9.95. The second-order valence-corrected chi connectivity index (χ2v) is 6.83. The summed E-state index contributed by atoms with van der Waals surface area (Å²) in [5.41, 5.74) is 1.55. The lowest BCUT2D eigenvalue weighted by molar-refractivity contribution is -0.142. The van der Waals surface area contributed by atoms with Crippen molar-refractivity contribution in [2.45, 2.75) is 20.8 Å². The quantitative estimate of drug-likeness (QED) is 0.327. The van der Waals surface area contributed by atoms with Gasteiger partial charge in [-0.05, 0) is 62.2 Å². The predicted molar refractivity (Wildman–Crippen MR) is 96.5 cm³/mol. The lowest BCUT2D eigenvalue weighted by Crippen LogP contribution is -2.25. The topological polar surface area (TPSA) is 50.1 Å². The molecule has 0 saturated carbocycles. The van der Waals surface area contributed by atoms with Gasteiger partial charge in [0.15, 0.2) is 0 Å². The first-order valence-electron chi connectivity index (χ1n) is 7.50. The third-order valence-corrected chi connectivity index (χ3v) is 3.51. The van der Waals surface area contributed by atoms with E-state index >= 15 is 0 Å². The minimum Gasteiger partial charge on any atom is -0.426 e. The van der Waals surface area contributed by atoms with Gasteiger partial charge in [-0.15, -0.1) is 0 Å². The predicted octanol–water partition coefficient (Wildman–Crippen LogP) is 5.36. The summed E-state index contributed by atoms with van der Waals surface area (Å²) in [7, 11) is 0. The molecule has 4 heteroatoms. The molecule has 0 aliphatic carbocycles. The van der Waals surface area contributed by atoms with Crippen molar-refractivity contribution in [3.63, 3.8) is 0 Å². The molecule has 0 aromatic heterocycles. The van der Waals surface area contributed by atoms with Gasteiger partial charge in [0.05, 0.1) is 17.1 Å². The average molecular weight is 340 g/mol. The van der Waals surface area contributed by atoms with Gasteiger partial charge in [0, 0.05) is 5.02 Å². The van der Waals surface area contributed by atoms with Gasteiger partial charge >= 0.3 is 5.97 Å². The molecule has 0 N–H and O–H groups in total. The Bertz CT molecular complexity index is 809. The Morgan fingerprint density at radius 3 is 2.38 bits per heavy atom. The van der Waals surface area contributed by atoms with Gasteiger partial charge in [0.25, 0.3) is 0 Å². The Morgan fingerprint density at radius 1 is 1.17 bits per heavy atom. The van der Waals surface area contributed by atoms with Crippen LogP contribution in [0.5, 0.6) is 5.75 Å². The summed E-state index contributed by atoms with van der Waals surface area (Å²) in [6.45, 7) is 5.41. The Balaban J connectivity index is 2.21. The number of hydrogen-bond donors (Lipinski definition) is 0. The van der Waals surface area contributed by atoms with Gasteiger partial charge in [-0.3, -0.25) is 4.79 Å². The number of rotatable bonds is 3. The lowest BCUT2D eigenvalue weighted by atomic mass is 9.97. The number of carbonyl (C=O) groups excluding carboxylic acids is 1. The van der Waals surface area contributed by atoms with Crippen molar-refractivity contribution in [3.8, 4) is 11.8 Å². The minimum atomic E-state index is -0.556. The molecule has 2 aromatic carbocycles. The minimum absolute atomic E-state index is 0.289. The largest absolute Gasteiger partial charge is 0.426 e. The third-order valence-electron chi connectivity index (χ3n) is 3.27. The van der Waals surface area contributed by atoms with E-state index in [2.05, 4.69) is 6.07 Å². The fourth-order valence-electron chi connectivity index (χ4n) is 1.90. The van der Waals surface area contributed by atoms with Gasteiger partial charge in [-0.1, -0.05) is 35.9 Å². The third kappa shape index (κ3) is 4.71. The smallest absolute Gasteiger partial charge is 0.316 e. The van der Waals surface area contributed by atoms with Crippen LogP contribution in [0.4, 0.5) is 0 Å². The van der Waals surface area contributed by atoms with Gasteiger partial charge in [0.2, 0.25) is 0 Å². The first kappa shape index (κ1) is 17.8. The molecule has 24 heavy (non-hydrogen) atoms. The monoisotopic (exact) mass is 339 g/mol. The maximum absolute atomic E-state index is 11.9. The molecule has 0 radical (unpaired) electrons. The van der Waals surface area contributed by atoms with E-state index in [4.69, 9.17) is 16.3 Å². The highest BCUT2D eigenvalue weighted by atomic mass is 35.5. The number of carbonyl (C=O) groups is 1. The van der Waals surface area contributed by atoms with Crippen LogP contribution in [0.3, 0.4) is 0 Å². The molecule has 0 spiro atoms. The van der Waals surface area contributed by atoms with Crippen LogP contribution in [0.2, 0.25) is 5.02 Å².